The van der Waals surface area contributed by atoms with Crippen LogP contribution in [0.2, 0.25) is 0 Å². The van der Waals surface area contributed by atoms with Crippen LogP contribution in [-0.2, 0) is 14.3 Å². The van der Waals surface area contributed by atoms with E-state index in [0.29, 0.717) is 6.42 Å². The number of ether oxygens (including phenoxy) is 1. The Hall–Kier alpha value is -0.570. The zero-order chi connectivity index (χ0) is 17.9. The first-order chi connectivity index (χ1) is 11.7. The van der Waals surface area contributed by atoms with Crippen LogP contribution < -0.4 is 0 Å². The summed E-state index contributed by atoms with van der Waals surface area (Å²) in [4.78, 5) is 21.7. The maximum Gasteiger partial charge on any atom is 0.306 e. The average molecular weight is 361 g/mol. The van der Waals surface area contributed by atoms with E-state index >= 15 is 0 Å². The quantitative estimate of drug-likeness (QED) is 0.158. The Morgan fingerprint density at radius 1 is 0.667 bits per heavy atom. The predicted octanol–water partition coefficient (Wildman–Crippen LogP) is 6.56. The molecule has 0 saturated carbocycles. The molecule has 0 spiro atoms. The van der Waals surface area contributed by atoms with Crippen molar-refractivity contribution in [2.45, 2.75) is 110 Å². The molecule has 24 heavy (non-hydrogen) atoms. The van der Waals surface area contributed by atoms with Gasteiger partial charge in [-0.05, 0) is 18.0 Å². The topological polar surface area (TPSA) is 43.4 Å². The summed E-state index contributed by atoms with van der Waals surface area (Å²) in [5.74, 6) is -0.321. The molecule has 0 aliphatic heterocycles. The van der Waals surface area contributed by atoms with Crippen molar-refractivity contribution in [2.24, 2.45) is 0 Å². The Morgan fingerprint density at radius 3 is 1.42 bits per heavy atom. The molecule has 0 N–H and O–H groups in total. The lowest BCUT2D eigenvalue weighted by molar-refractivity contribution is -0.146. The van der Waals surface area contributed by atoms with Gasteiger partial charge in [0.1, 0.15) is 0 Å². The zero-order valence-corrected chi connectivity index (χ0v) is 16.4. The molecule has 0 unspecified atom stereocenters. The summed E-state index contributed by atoms with van der Waals surface area (Å²) in [5, 5.41) is -0.625. The first-order valence-corrected chi connectivity index (χ1v) is 10.4. The van der Waals surface area contributed by atoms with E-state index < -0.39 is 5.24 Å². The molecule has 142 valence electrons. The first-order valence-electron chi connectivity index (χ1n) is 10.0. The summed E-state index contributed by atoms with van der Waals surface area (Å²) in [7, 11) is 0. The number of hydrogen-bond donors (Lipinski definition) is 0. The molecule has 0 aromatic rings. The highest BCUT2D eigenvalue weighted by Crippen LogP contribution is 2.13. The Balaban J connectivity index is 3.10. The smallest absolute Gasteiger partial charge is 0.306 e. The number of halogens is 1. The summed E-state index contributed by atoms with van der Waals surface area (Å²) in [5.41, 5.74) is 0. The molecule has 0 aromatic heterocycles. The third-order valence-corrected chi connectivity index (χ3v) is 4.44. The summed E-state index contributed by atoms with van der Waals surface area (Å²) in [6.45, 7) is 1.96. The molecule has 0 amide bonds. The minimum Gasteiger partial charge on any atom is -0.456 e. The molecule has 0 radical (unpaired) electrons. The highest BCUT2D eigenvalue weighted by Gasteiger charge is 2.04. The monoisotopic (exact) mass is 360 g/mol. The second kappa shape index (κ2) is 18.8. The Labute approximate surface area is 153 Å². The molecule has 0 rings (SSSR count). The lowest BCUT2D eigenvalue weighted by atomic mass is 10.0. The van der Waals surface area contributed by atoms with Crippen molar-refractivity contribution in [2.75, 3.05) is 6.61 Å². The van der Waals surface area contributed by atoms with Crippen molar-refractivity contribution in [3.63, 3.8) is 0 Å². The number of carbonyl (C=O) groups is 2. The number of hydrogen-bond acceptors (Lipinski definition) is 3. The van der Waals surface area contributed by atoms with Crippen molar-refractivity contribution in [1.29, 1.82) is 0 Å². The molecule has 0 heterocycles. The van der Waals surface area contributed by atoms with E-state index in [2.05, 4.69) is 6.92 Å². The van der Waals surface area contributed by atoms with Crippen molar-refractivity contribution in [3.05, 3.63) is 0 Å². The van der Waals surface area contributed by atoms with Crippen LogP contribution in [0.4, 0.5) is 0 Å². The van der Waals surface area contributed by atoms with Crippen LogP contribution >= 0.6 is 11.6 Å². The Kier molecular flexibility index (Phi) is 18.3. The standard InChI is InChI=1S/C20H37ClO3/c1-2-3-4-5-6-7-8-9-10-11-12-13-14-15-16-17-20(23)24-18-19(21)22/h2-18H2,1H3. The fraction of sp³-hybridized carbons (Fsp3) is 0.900. The zero-order valence-electron chi connectivity index (χ0n) is 15.6. The molecule has 0 aliphatic rings. The largest absolute Gasteiger partial charge is 0.456 e. The van der Waals surface area contributed by atoms with Crippen molar-refractivity contribution >= 4 is 22.8 Å². The van der Waals surface area contributed by atoms with Crippen LogP contribution in [0.25, 0.3) is 0 Å². The van der Waals surface area contributed by atoms with Crippen LogP contribution in [0.1, 0.15) is 110 Å². The predicted molar refractivity (Wildman–Crippen MR) is 101 cm³/mol. The highest BCUT2D eigenvalue weighted by molar-refractivity contribution is 6.64. The van der Waals surface area contributed by atoms with Gasteiger partial charge in [-0.25, -0.2) is 0 Å². The normalized spacial score (nSPS) is 10.8. The van der Waals surface area contributed by atoms with Gasteiger partial charge in [0.05, 0.1) is 0 Å². The maximum absolute atomic E-state index is 11.2. The van der Waals surface area contributed by atoms with E-state index in [1.54, 1.807) is 0 Å². The van der Waals surface area contributed by atoms with Gasteiger partial charge in [-0.15, -0.1) is 0 Å². The third-order valence-electron chi connectivity index (χ3n) is 4.33. The van der Waals surface area contributed by atoms with Gasteiger partial charge in [-0.1, -0.05) is 96.8 Å². The molecule has 0 saturated heterocycles. The molecule has 0 atom stereocenters. The van der Waals surface area contributed by atoms with Crippen molar-refractivity contribution in [1.82, 2.24) is 0 Å². The number of esters is 1. The van der Waals surface area contributed by atoms with Gasteiger partial charge < -0.3 is 4.74 Å². The highest BCUT2D eigenvalue weighted by atomic mass is 35.5. The number of carbonyl (C=O) groups excluding carboxylic acids is 2. The van der Waals surface area contributed by atoms with Gasteiger partial charge >= 0.3 is 5.97 Å². The van der Waals surface area contributed by atoms with Gasteiger partial charge in [0.2, 0.25) is 0 Å². The van der Waals surface area contributed by atoms with Crippen LogP contribution in [0.3, 0.4) is 0 Å². The second-order valence-electron chi connectivity index (χ2n) is 6.72. The molecule has 4 heteroatoms. The van der Waals surface area contributed by atoms with Gasteiger partial charge in [0.15, 0.2) is 6.61 Å². The van der Waals surface area contributed by atoms with E-state index in [1.165, 1.54) is 83.5 Å². The van der Waals surface area contributed by atoms with E-state index in [9.17, 15) is 9.59 Å². The van der Waals surface area contributed by atoms with Gasteiger partial charge in [-0.3, -0.25) is 9.59 Å². The van der Waals surface area contributed by atoms with Crippen molar-refractivity contribution in [3.8, 4) is 0 Å². The molecule has 0 fully saturated rings. The summed E-state index contributed by atoms with van der Waals surface area (Å²) >= 11 is 5.10. The van der Waals surface area contributed by atoms with E-state index in [-0.39, 0.29) is 12.6 Å². The first kappa shape index (κ1) is 23.4. The molecular formula is C20H37ClO3. The maximum atomic E-state index is 11.2. The molecule has 0 aromatic carbocycles. The number of unbranched alkanes of at least 4 members (excludes halogenated alkanes) is 14. The van der Waals surface area contributed by atoms with Crippen LogP contribution in [0, 0.1) is 0 Å². The minimum absolute atomic E-state index is 0.306. The summed E-state index contributed by atoms with van der Waals surface area (Å²) in [6.07, 6.45) is 19.9. The lowest BCUT2D eigenvalue weighted by Crippen LogP contribution is -2.09. The van der Waals surface area contributed by atoms with Crippen molar-refractivity contribution < 1.29 is 14.3 Å². The summed E-state index contributed by atoms with van der Waals surface area (Å²) in [6, 6.07) is 0. The fourth-order valence-corrected chi connectivity index (χ4v) is 2.90. The molecule has 3 nitrogen and oxygen atoms in total. The fourth-order valence-electron chi connectivity index (χ4n) is 2.85. The van der Waals surface area contributed by atoms with Gasteiger partial charge in [0.25, 0.3) is 5.24 Å². The average Bonchev–Trinajstić information content (AvgIpc) is 2.56. The SMILES string of the molecule is CCCCCCCCCCCCCCCCCC(=O)OCC(=O)Cl. The summed E-state index contributed by atoms with van der Waals surface area (Å²) < 4.78 is 4.70. The Morgan fingerprint density at radius 2 is 1.04 bits per heavy atom. The third kappa shape index (κ3) is 19.5. The van der Waals surface area contributed by atoms with Crippen LogP contribution in [-0.4, -0.2) is 17.8 Å². The van der Waals surface area contributed by atoms with E-state index in [1.807, 2.05) is 0 Å². The van der Waals surface area contributed by atoms with Crippen LogP contribution in [0.15, 0.2) is 0 Å². The van der Waals surface area contributed by atoms with E-state index in [4.69, 9.17) is 16.3 Å². The Bertz CT molecular complexity index is 305. The molecular weight excluding hydrogens is 324 g/mol. The van der Waals surface area contributed by atoms with Gasteiger partial charge in [-0.2, -0.15) is 0 Å². The lowest BCUT2D eigenvalue weighted by Gasteiger charge is -2.04. The number of rotatable bonds is 18. The van der Waals surface area contributed by atoms with E-state index in [0.717, 1.165) is 12.8 Å². The molecule has 0 bridgehead atoms. The van der Waals surface area contributed by atoms with Crippen LogP contribution in [0.5, 0.6) is 0 Å². The molecule has 0 aliphatic carbocycles. The van der Waals surface area contributed by atoms with Gasteiger partial charge in [0, 0.05) is 6.42 Å². The second-order valence-corrected chi connectivity index (χ2v) is 7.14. The minimum atomic E-state index is -0.625.